The molecule has 6 heteroatoms. The number of thioether (sulfide) groups is 1. The minimum Gasteiger partial charge on any atom is -0.353 e. The number of Topliss-reactive ketones (excluding diaryl/α,β-unsaturated/α-hetero) is 2. The Balaban J connectivity index is 1.94. The number of hydrogen-bond acceptors (Lipinski definition) is 5. The topological polar surface area (TPSA) is 70.0 Å². The molecule has 30 heavy (non-hydrogen) atoms. The molecule has 0 saturated carbocycles. The Hall–Kier alpha value is -2.62. The highest BCUT2D eigenvalue weighted by molar-refractivity contribution is 9.10. The number of nitrogens with zero attached hydrogens (tertiary/aromatic N) is 1. The van der Waals surface area contributed by atoms with Crippen molar-refractivity contribution in [3.05, 3.63) is 91.6 Å². The fourth-order valence-corrected chi connectivity index (χ4v) is 4.69. The van der Waals surface area contributed by atoms with Crippen molar-refractivity contribution in [1.82, 2.24) is 5.32 Å². The molecule has 1 N–H and O–H groups in total. The van der Waals surface area contributed by atoms with Crippen LogP contribution in [0.4, 0.5) is 0 Å². The number of hydrogen-bond donors (Lipinski definition) is 1. The number of ketones is 2. The third-order valence-corrected chi connectivity index (χ3v) is 6.50. The van der Waals surface area contributed by atoms with E-state index in [9.17, 15) is 14.9 Å². The molecule has 0 aliphatic carbocycles. The third-order valence-electron chi connectivity index (χ3n) is 4.95. The molecule has 0 aromatic heterocycles. The van der Waals surface area contributed by atoms with E-state index < -0.39 is 5.92 Å². The van der Waals surface area contributed by atoms with Crippen molar-refractivity contribution in [3.63, 3.8) is 0 Å². The molecule has 152 valence electrons. The summed E-state index contributed by atoms with van der Waals surface area (Å²) in [6, 6.07) is 17.3. The Kier molecular flexibility index (Phi) is 6.96. The summed E-state index contributed by atoms with van der Waals surface area (Å²) in [5, 5.41) is 13.8. The number of nitriles is 1. The summed E-state index contributed by atoms with van der Waals surface area (Å²) in [7, 11) is 0. The van der Waals surface area contributed by atoms with Crippen molar-refractivity contribution >= 4 is 39.3 Å². The summed E-state index contributed by atoms with van der Waals surface area (Å²) in [6.45, 7) is 5.32. The molecule has 0 bridgehead atoms. The molecular weight excluding hydrogens is 460 g/mol. The van der Waals surface area contributed by atoms with Gasteiger partial charge in [-0.15, -0.1) is 0 Å². The lowest BCUT2D eigenvalue weighted by atomic mass is 9.81. The number of dihydropyridines is 1. The van der Waals surface area contributed by atoms with Gasteiger partial charge in [-0.25, -0.2) is 0 Å². The van der Waals surface area contributed by atoms with Gasteiger partial charge < -0.3 is 5.32 Å². The van der Waals surface area contributed by atoms with Gasteiger partial charge in [0.05, 0.1) is 28.3 Å². The fourth-order valence-electron chi connectivity index (χ4n) is 3.44. The van der Waals surface area contributed by atoms with Crippen LogP contribution in [0.1, 0.15) is 41.3 Å². The molecule has 0 spiro atoms. The van der Waals surface area contributed by atoms with E-state index in [1.54, 1.807) is 0 Å². The maximum atomic E-state index is 12.6. The molecule has 4 nitrogen and oxygen atoms in total. The Bertz CT molecular complexity index is 1090. The van der Waals surface area contributed by atoms with Gasteiger partial charge in [-0.1, -0.05) is 69.7 Å². The maximum absolute atomic E-state index is 12.6. The molecule has 0 amide bonds. The van der Waals surface area contributed by atoms with Crippen molar-refractivity contribution in [1.29, 1.82) is 5.26 Å². The first kappa shape index (κ1) is 22.1. The Morgan fingerprint density at radius 2 is 1.73 bits per heavy atom. The van der Waals surface area contributed by atoms with Crippen LogP contribution in [0.5, 0.6) is 0 Å². The summed E-state index contributed by atoms with van der Waals surface area (Å²) >= 11 is 4.72. The van der Waals surface area contributed by atoms with Gasteiger partial charge in [0.1, 0.15) is 0 Å². The maximum Gasteiger partial charge on any atom is 0.173 e. The van der Waals surface area contributed by atoms with E-state index >= 15 is 0 Å². The summed E-state index contributed by atoms with van der Waals surface area (Å²) in [5.41, 5.74) is 4.34. The Morgan fingerprint density at radius 1 is 1.10 bits per heavy atom. The van der Waals surface area contributed by atoms with E-state index in [2.05, 4.69) is 27.3 Å². The van der Waals surface area contributed by atoms with Crippen LogP contribution < -0.4 is 5.32 Å². The first-order valence-corrected chi connectivity index (χ1v) is 11.2. The molecule has 1 aliphatic rings. The van der Waals surface area contributed by atoms with Gasteiger partial charge in [0.25, 0.3) is 0 Å². The molecule has 2 aromatic carbocycles. The SMILES string of the molecule is CC(=O)C1=C(C)NC(SCC(=O)c2ccc(C)cc2)=C(C#N)[C@@H]1c1ccc(Br)cc1. The van der Waals surface area contributed by atoms with Crippen LogP contribution in [0.3, 0.4) is 0 Å². The average molecular weight is 481 g/mol. The number of rotatable bonds is 6. The highest BCUT2D eigenvalue weighted by Gasteiger charge is 2.33. The lowest BCUT2D eigenvalue weighted by molar-refractivity contribution is -0.113. The number of halogens is 1. The number of nitrogens with one attached hydrogen (secondary N) is 1. The van der Waals surface area contributed by atoms with E-state index in [0.29, 0.717) is 27.4 Å². The molecule has 1 heterocycles. The smallest absolute Gasteiger partial charge is 0.173 e. The number of benzene rings is 2. The van der Waals surface area contributed by atoms with E-state index in [1.165, 1.54) is 18.7 Å². The molecule has 1 aliphatic heterocycles. The second-order valence-electron chi connectivity index (χ2n) is 7.14. The first-order chi connectivity index (χ1) is 14.3. The number of allylic oxidation sites excluding steroid dienone is 3. The van der Waals surface area contributed by atoms with Crippen LogP contribution in [0.15, 0.2) is 74.9 Å². The van der Waals surface area contributed by atoms with Crippen LogP contribution in [0.2, 0.25) is 0 Å². The van der Waals surface area contributed by atoms with Crippen molar-refractivity contribution in [3.8, 4) is 6.07 Å². The number of carbonyl (C=O) groups is 2. The minimum absolute atomic E-state index is 0.00854. The van der Waals surface area contributed by atoms with Gasteiger partial charge in [0, 0.05) is 21.3 Å². The summed E-state index contributed by atoms with van der Waals surface area (Å²) in [4.78, 5) is 25.0. The highest BCUT2D eigenvalue weighted by Crippen LogP contribution is 2.41. The summed E-state index contributed by atoms with van der Waals surface area (Å²) in [5.74, 6) is -0.350. The highest BCUT2D eigenvalue weighted by atomic mass is 79.9. The molecule has 3 rings (SSSR count). The van der Waals surface area contributed by atoms with Crippen LogP contribution >= 0.6 is 27.7 Å². The zero-order valence-corrected chi connectivity index (χ0v) is 19.4. The molecule has 0 radical (unpaired) electrons. The average Bonchev–Trinajstić information content (AvgIpc) is 2.72. The van der Waals surface area contributed by atoms with Gasteiger partial charge in [-0.05, 0) is 38.5 Å². The van der Waals surface area contributed by atoms with Crippen LogP contribution in [-0.4, -0.2) is 17.3 Å². The monoisotopic (exact) mass is 480 g/mol. The van der Waals surface area contributed by atoms with Gasteiger partial charge in [-0.3, -0.25) is 9.59 Å². The molecule has 0 fully saturated rings. The molecule has 0 saturated heterocycles. The van der Waals surface area contributed by atoms with E-state index in [1.807, 2.05) is 62.4 Å². The number of aryl methyl sites for hydroxylation is 1. The predicted molar refractivity (Wildman–Crippen MR) is 124 cm³/mol. The molecule has 2 aromatic rings. The van der Waals surface area contributed by atoms with Gasteiger partial charge in [-0.2, -0.15) is 5.26 Å². The zero-order valence-electron chi connectivity index (χ0n) is 17.0. The second-order valence-corrected chi connectivity index (χ2v) is 9.04. The molecule has 0 unspecified atom stereocenters. The second kappa shape index (κ2) is 9.46. The molecule has 1 atom stereocenters. The molecular formula is C24H21BrN2O2S. The lowest BCUT2D eigenvalue weighted by Crippen LogP contribution is -2.27. The minimum atomic E-state index is -0.459. The zero-order chi connectivity index (χ0) is 21.8. The van der Waals surface area contributed by atoms with Crippen molar-refractivity contribution in [2.75, 3.05) is 5.75 Å². The Morgan fingerprint density at radius 3 is 2.30 bits per heavy atom. The summed E-state index contributed by atoms with van der Waals surface area (Å²) < 4.78 is 0.922. The normalized spacial score (nSPS) is 16.2. The van der Waals surface area contributed by atoms with Crippen LogP contribution in [-0.2, 0) is 4.79 Å². The quantitative estimate of drug-likeness (QED) is 0.540. The van der Waals surface area contributed by atoms with Gasteiger partial charge in [0.15, 0.2) is 11.6 Å². The van der Waals surface area contributed by atoms with Crippen molar-refractivity contribution < 1.29 is 9.59 Å². The first-order valence-electron chi connectivity index (χ1n) is 9.43. The van der Waals surface area contributed by atoms with Crippen LogP contribution in [0, 0.1) is 18.3 Å². The number of carbonyl (C=O) groups excluding carboxylic acids is 2. The van der Waals surface area contributed by atoms with Crippen molar-refractivity contribution in [2.24, 2.45) is 0 Å². The van der Waals surface area contributed by atoms with Crippen LogP contribution in [0.25, 0.3) is 0 Å². The predicted octanol–water partition coefficient (Wildman–Crippen LogP) is 5.66. The summed E-state index contributed by atoms with van der Waals surface area (Å²) in [6.07, 6.45) is 0. The van der Waals surface area contributed by atoms with Crippen molar-refractivity contribution in [2.45, 2.75) is 26.7 Å². The fraction of sp³-hybridized carbons (Fsp3) is 0.208. The lowest BCUT2D eigenvalue weighted by Gasteiger charge is -2.29. The standard InChI is InChI=1S/C24H21BrN2O2S/c1-14-4-6-17(7-5-14)21(29)13-30-24-20(12-26)23(18-8-10-19(25)11-9-18)22(16(3)28)15(2)27-24/h4-11,23,27H,13H2,1-3H3/t23-/m0/s1. The van der Waals surface area contributed by atoms with E-state index in [0.717, 1.165) is 15.6 Å². The third kappa shape index (κ3) is 4.75. The van der Waals surface area contributed by atoms with E-state index in [4.69, 9.17) is 0 Å². The van der Waals surface area contributed by atoms with Gasteiger partial charge >= 0.3 is 0 Å². The largest absolute Gasteiger partial charge is 0.353 e. The van der Waals surface area contributed by atoms with Gasteiger partial charge in [0.2, 0.25) is 0 Å². The Labute approximate surface area is 189 Å². The van der Waals surface area contributed by atoms with E-state index in [-0.39, 0.29) is 17.3 Å².